The Kier molecular flexibility index (Phi) is 4.68. The quantitative estimate of drug-likeness (QED) is 0.455. The van der Waals surface area contributed by atoms with Crippen LogP contribution in [0.1, 0.15) is 40.5 Å². The average Bonchev–Trinajstić information content (AvgIpc) is 2.86. The van der Waals surface area contributed by atoms with Gasteiger partial charge in [0, 0.05) is 18.4 Å². The molecule has 3 nitrogen and oxygen atoms in total. The fourth-order valence-corrected chi connectivity index (χ4v) is 5.66. The van der Waals surface area contributed by atoms with E-state index in [1.165, 1.54) is 22.3 Å². The van der Waals surface area contributed by atoms with Crippen molar-refractivity contribution in [2.75, 3.05) is 13.2 Å². The van der Waals surface area contributed by atoms with Gasteiger partial charge in [-0.05, 0) is 57.5 Å². The molecule has 0 spiro atoms. The molecule has 158 valence electrons. The molecule has 0 heterocycles. The summed E-state index contributed by atoms with van der Waals surface area (Å²) in [4.78, 5) is 12.6. The van der Waals surface area contributed by atoms with E-state index in [-0.39, 0.29) is 12.5 Å². The van der Waals surface area contributed by atoms with E-state index in [9.17, 15) is 4.79 Å². The minimum Gasteiger partial charge on any atom is -0.484 e. The zero-order valence-corrected chi connectivity index (χ0v) is 17.8. The molecule has 3 aliphatic rings. The zero-order valence-electron chi connectivity index (χ0n) is 17.8. The Morgan fingerprint density at radius 3 is 2.12 bits per heavy atom. The maximum absolute atomic E-state index is 12.6. The highest BCUT2D eigenvalue weighted by Crippen LogP contribution is 2.55. The molecule has 4 aromatic carbocycles. The molecule has 3 aliphatic carbocycles. The van der Waals surface area contributed by atoms with Crippen molar-refractivity contribution in [2.24, 2.45) is 5.92 Å². The molecule has 2 bridgehead atoms. The summed E-state index contributed by atoms with van der Waals surface area (Å²) in [5, 5.41) is 5.42. The highest BCUT2D eigenvalue weighted by molar-refractivity contribution is 5.84. The Bertz CT molecular complexity index is 1260. The van der Waals surface area contributed by atoms with Gasteiger partial charge in [0.2, 0.25) is 0 Å². The van der Waals surface area contributed by atoms with Crippen molar-refractivity contribution in [3.63, 3.8) is 0 Å². The van der Waals surface area contributed by atoms with Crippen LogP contribution in [0.3, 0.4) is 0 Å². The lowest BCUT2D eigenvalue weighted by Gasteiger charge is -2.45. The van der Waals surface area contributed by atoms with Crippen LogP contribution in [0.5, 0.6) is 5.75 Å². The number of carbonyl (C=O) groups is 1. The second kappa shape index (κ2) is 7.83. The minimum absolute atomic E-state index is 0.0341. The summed E-state index contributed by atoms with van der Waals surface area (Å²) in [6.45, 7) is 0.704. The molecule has 3 heteroatoms. The van der Waals surface area contributed by atoms with Gasteiger partial charge < -0.3 is 10.1 Å². The van der Waals surface area contributed by atoms with Crippen molar-refractivity contribution in [3.8, 4) is 5.75 Å². The van der Waals surface area contributed by atoms with Gasteiger partial charge in [-0.3, -0.25) is 4.79 Å². The molecule has 0 aliphatic heterocycles. The fourth-order valence-electron chi connectivity index (χ4n) is 5.66. The lowest BCUT2D eigenvalue weighted by Crippen LogP contribution is -2.40. The van der Waals surface area contributed by atoms with Crippen molar-refractivity contribution in [1.29, 1.82) is 0 Å². The van der Waals surface area contributed by atoms with Crippen LogP contribution in [-0.2, 0) is 4.79 Å². The van der Waals surface area contributed by atoms with Crippen molar-refractivity contribution in [2.45, 2.75) is 18.3 Å². The number of hydrogen-bond acceptors (Lipinski definition) is 2. The molecule has 0 saturated carbocycles. The first-order valence-electron chi connectivity index (χ1n) is 11.3. The molecule has 0 fully saturated rings. The monoisotopic (exact) mass is 419 g/mol. The van der Waals surface area contributed by atoms with Crippen LogP contribution in [0, 0.1) is 5.92 Å². The van der Waals surface area contributed by atoms with Crippen LogP contribution in [0.15, 0.2) is 91.0 Å². The van der Waals surface area contributed by atoms with Gasteiger partial charge in [0.1, 0.15) is 5.75 Å². The number of amides is 1. The van der Waals surface area contributed by atoms with E-state index in [0.29, 0.717) is 24.3 Å². The standard InChI is InChI=1S/C29H25NO2/c31-28(18-32-22-14-13-19-7-1-2-8-20(19)15-22)30-17-21-16-27-23-9-3-5-11-25(23)29(21)26-12-6-4-10-24(26)27/h1-15,21,27,29H,16-18H2,(H,30,31). The fraction of sp³-hybridized carbons (Fsp3) is 0.207. The van der Waals surface area contributed by atoms with Crippen LogP contribution < -0.4 is 10.1 Å². The second-order valence-corrected chi connectivity index (χ2v) is 8.89. The number of fused-ring (bicyclic) bond motifs is 2. The molecular weight excluding hydrogens is 394 g/mol. The van der Waals surface area contributed by atoms with Gasteiger partial charge in [0.15, 0.2) is 6.61 Å². The Hall–Kier alpha value is -3.59. The number of hydrogen-bond donors (Lipinski definition) is 1. The van der Waals surface area contributed by atoms with E-state index in [1.807, 2.05) is 30.3 Å². The third kappa shape index (κ3) is 3.25. The SMILES string of the molecule is O=C(COc1ccc2ccccc2c1)NCC1CC2c3ccccc3C1c1ccccc12. The van der Waals surface area contributed by atoms with Crippen molar-refractivity contribution < 1.29 is 9.53 Å². The summed E-state index contributed by atoms with van der Waals surface area (Å²) in [7, 11) is 0. The average molecular weight is 420 g/mol. The largest absolute Gasteiger partial charge is 0.484 e. The zero-order chi connectivity index (χ0) is 21.5. The predicted octanol–water partition coefficient (Wildman–Crippen LogP) is 5.63. The Labute approximate surface area is 188 Å². The third-order valence-electron chi connectivity index (χ3n) is 7.08. The molecule has 0 aromatic heterocycles. The van der Waals surface area contributed by atoms with E-state index in [0.717, 1.165) is 22.9 Å². The van der Waals surface area contributed by atoms with Gasteiger partial charge >= 0.3 is 0 Å². The highest BCUT2D eigenvalue weighted by atomic mass is 16.5. The van der Waals surface area contributed by atoms with Crippen LogP contribution in [0.4, 0.5) is 0 Å². The summed E-state index contributed by atoms with van der Waals surface area (Å²) >= 11 is 0. The Morgan fingerprint density at radius 2 is 1.41 bits per heavy atom. The summed E-state index contributed by atoms with van der Waals surface area (Å²) in [6.07, 6.45) is 1.07. The van der Waals surface area contributed by atoms with E-state index in [1.54, 1.807) is 0 Å². The molecule has 32 heavy (non-hydrogen) atoms. The molecule has 1 unspecified atom stereocenters. The molecule has 0 radical (unpaired) electrons. The molecule has 0 saturated heterocycles. The van der Waals surface area contributed by atoms with Crippen molar-refractivity contribution in [1.82, 2.24) is 5.32 Å². The molecule has 4 aromatic rings. The first kappa shape index (κ1) is 19.1. The highest BCUT2D eigenvalue weighted by Gasteiger charge is 2.42. The summed E-state index contributed by atoms with van der Waals surface area (Å²) in [5.74, 6) is 1.81. The normalized spacial score (nSPS) is 20.4. The number of benzene rings is 4. The van der Waals surface area contributed by atoms with E-state index in [4.69, 9.17) is 4.74 Å². The molecule has 1 N–H and O–H groups in total. The summed E-state index contributed by atoms with van der Waals surface area (Å²) < 4.78 is 5.78. The van der Waals surface area contributed by atoms with Crippen LogP contribution in [0.2, 0.25) is 0 Å². The lowest BCUT2D eigenvalue weighted by molar-refractivity contribution is -0.123. The second-order valence-electron chi connectivity index (χ2n) is 8.89. The predicted molar refractivity (Wildman–Crippen MR) is 127 cm³/mol. The number of carbonyl (C=O) groups excluding carboxylic acids is 1. The van der Waals surface area contributed by atoms with Crippen molar-refractivity contribution in [3.05, 3.63) is 113 Å². The van der Waals surface area contributed by atoms with Gasteiger partial charge in [-0.25, -0.2) is 0 Å². The molecule has 1 atom stereocenters. The third-order valence-corrected chi connectivity index (χ3v) is 7.08. The lowest BCUT2D eigenvalue weighted by atomic mass is 9.59. The molecular formula is C29H25NO2. The van der Waals surface area contributed by atoms with E-state index < -0.39 is 0 Å². The van der Waals surface area contributed by atoms with Gasteiger partial charge in [-0.2, -0.15) is 0 Å². The maximum Gasteiger partial charge on any atom is 0.257 e. The number of ether oxygens (including phenoxy) is 1. The topological polar surface area (TPSA) is 38.3 Å². The maximum atomic E-state index is 12.6. The first-order chi connectivity index (χ1) is 15.8. The molecule has 7 rings (SSSR count). The van der Waals surface area contributed by atoms with Gasteiger partial charge in [-0.15, -0.1) is 0 Å². The van der Waals surface area contributed by atoms with Crippen LogP contribution in [0.25, 0.3) is 10.8 Å². The number of rotatable bonds is 5. The van der Waals surface area contributed by atoms with Gasteiger partial charge in [0.25, 0.3) is 5.91 Å². The molecule has 1 amide bonds. The van der Waals surface area contributed by atoms with E-state index >= 15 is 0 Å². The summed E-state index contributed by atoms with van der Waals surface area (Å²) in [6, 6.07) is 31.7. The van der Waals surface area contributed by atoms with Gasteiger partial charge in [-0.1, -0.05) is 78.9 Å². The minimum atomic E-state index is -0.0684. The number of nitrogens with one attached hydrogen (secondary N) is 1. The Balaban J connectivity index is 1.14. The Morgan fingerprint density at radius 1 is 0.781 bits per heavy atom. The first-order valence-corrected chi connectivity index (χ1v) is 11.3. The smallest absolute Gasteiger partial charge is 0.257 e. The van der Waals surface area contributed by atoms with Crippen LogP contribution >= 0.6 is 0 Å². The summed E-state index contributed by atoms with van der Waals surface area (Å²) in [5.41, 5.74) is 5.76. The van der Waals surface area contributed by atoms with Crippen molar-refractivity contribution >= 4 is 16.7 Å². The van der Waals surface area contributed by atoms with Crippen LogP contribution in [-0.4, -0.2) is 19.1 Å². The van der Waals surface area contributed by atoms with Gasteiger partial charge in [0.05, 0.1) is 0 Å². The van der Waals surface area contributed by atoms with E-state index in [2.05, 4.69) is 66.0 Å².